The van der Waals surface area contributed by atoms with Gasteiger partial charge in [0.2, 0.25) is 5.69 Å². The van der Waals surface area contributed by atoms with E-state index >= 15 is 0 Å². The fraction of sp³-hybridized carbons (Fsp3) is 0.292. The standard InChI is InChI=1S/C24H24FN5O/c1-14-5-10-19(25)17-11-21(28-23(14)17)24(31)29-20-3-2-4-22-18(20)12-27-30(22)13-15-6-8-16(26)9-7-15/h2-5,10-13,15-16H,6-9,26H2,1H3,(H-,27,28,29,31)/p+1/b30-13-. The highest BCUT2D eigenvalue weighted by molar-refractivity contribution is 6.09. The minimum absolute atomic E-state index is 0.308. The summed E-state index contributed by atoms with van der Waals surface area (Å²) in [6, 6.07) is 10.7. The molecule has 1 aliphatic carbocycles. The Hall–Kier alpha value is -3.32. The minimum Gasteiger partial charge on any atom is -0.350 e. The lowest BCUT2D eigenvalue weighted by atomic mass is 9.87. The highest BCUT2D eigenvalue weighted by Crippen LogP contribution is 2.31. The lowest BCUT2D eigenvalue weighted by Crippen LogP contribution is -2.27. The number of nitrogens with one attached hydrogen (secondary N) is 2. The molecule has 3 aromatic rings. The highest BCUT2D eigenvalue weighted by Gasteiger charge is 2.28. The van der Waals surface area contributed by atoms with Crippen molar-refractivity contribution in [1.82, 2.24) is 4.98 Å². The Bertz CT molecular complexity index is 1200. The fourth-order valence-electron chi connectivity index (χ4n) is 4.43. The van der Waals surface area contributed by atoms with Crippen LogP contribution in [0.3, 0.4) is 0 Å². The molecule has 6 nitrogen and oxygen atoms in total. The number of benzene rings is 2. The van der Waals surface area contributed by atoms with Crippen molar-refractivity contribution >= 4 is 40.6 Å². The molecule has 0 spiro atoms. The molecule has 0 atom stereocenters. The van der Waals surface area contributed by atoms with E-state index in [1.165, 1.54) is 6.07 Å². The van der Waals surface area contributed by atoms with Crippen LogP contribution < -0.4 is 11.1 Å². The molecule has 2 aromatic carbocycles. The number of nitrogens with zero attached hydrogens (tertiary/aromatic N) is 2. The number of nitrogens with two attached hydrogens (primary N) is 1. The molecule has 2 heterocycles. The zero-order valence-corrected chi connectivity index (χ0v) is 17.4. The molecule has 0 bridgehead atoms. The van der Waals surface area contributed by atoms with Gasteiger partial charge in [0.1, 0.15) is 17.7 Å². The number of aromatic amines is 1. The topological polar surface area (TPSA) is 86.3 Å². The van der Waals surface area contributed by atoms with Crippen molar-refractivity contribution in [3.05, 3.63) is 59.0 Å². The third-order valence-electron chi connectivity index (χ3n) is 6.25. The average Bonchev–Trinajstić information content (AvgIpc) is 3.39. The number of rotatable bonds is 3. The van der Waals surface area contributed by atoms with Gasteiger partial charge >= 0.3 is 0 Å². The first kappa shape index (κ1) is 19.6. The highest BCUT2D eigenvalue weighted by atomic mass is 19.1. The van der Waals surface area contributed by atoms with E-state index in [4.69, 9.17) is 5.73 Å². The zero-order valence-electron chi connectivity index (χ0n) is 17.4. The second kappa shape index (κ2) is 7.74. The molecule has 1 aromatic heterocycles. The molecule has 4 N–H and O–H groups in total. The van der Waals surface area contributed by atoms with Crippen molar-refractivity contribution in [2.45, 2.75) is 38.6 Å². The maximum Gasteiger partial charge on any atom is 0.272 e. The van der Waals surface area contributed by atoms with E-state index in [1.807, 2.05) is 29.8 Å². The Morgan fingerprint density at radius 3 is 2.84 bits per heavy atom. The Kier molecular flexibility index (Phi) is 4.90. The van der Waals surface area contributed by atoms with E-state index in [-0.39, 0.29) is 11.7 Å². The van der Waals surface area contributed by atoms with Crippen LogP contribution in [0.4, 0.5) is 15.8 Å². The number of hydrogen-bond acceptors (Lipinski definition) is 3. The minimum atomic E-state index is -0.349. The first-order chi connectivity index (χ1) is 15.0. The van der Waals surface area contributed by atoms with Gasteiger partial charge in [0.05, 0.1) is 16.8 Å². The smallest absolute Gasteiger partial charge is 0.272 e. The first-order valence-corrected chi connectivity index (χ1v) is 10.7. The lowest BCUT2D eigenvalue weighted by molar-refractivity contribution is -0.438. The summed E-state index contributed by atoms with van der Waals surface area (Å²) in [5, 5.41) is 7.89. The summed E-state index contributed by atoms with van der Waals surface area (Å²) in [7, 11) is 0. The molecule has 1 amide bonds. The summed E-state index contributed by atoms with van der Waals surface area (Å²) >= 11 is 0. The molecule has 1 saturated carbocycles. The summed E-state index contributed by atoms with van der Waals surface area (Å²) in [5.74, 6) is -0.218. The SMILES string of the molecule is Cc1ccc(F)c2cc(C(=O)Nc3cccc4c3C=N/[N+]4=C\C3CCC(N)CC3)[nH]c12. The van der Waals surface area contributed by atoms with Crippen LogP contribution in [0.25, 0.3) is 10.9 Å². The first-order valence-electron chi connectivity index (χ1n) is 10.7. The van der Waals surface area contributed by atoms with Crippen LogP contribution in [0, 0.1) is 18.7 Å². The molecule has 7 heteroatoms. The summed E-state index contributed by atoms with van der Waals surface area (Å²) in [6.45, 7) is 1.88. The van der Waals surface area contributed by atoms with Crippen LogP contribution >= 0.6 is 0 Å². The second-order valence-corrected chi connectivity index (χ2v) is 8.44. The lowest BCUT2D eigenvalue weighted by Gasteiger charge is -2.21. The van der Waals surface area contributed by atoms with Gasteiger partial charge in [0, 0.05) is 23.4 Å². The number of aromatic nitrogens is 1. The van der Waals surface area contributed by atoms with E-state index in [0.29, 0.717) is 34.2 Å². The molecule has 31 heavy (non-hydrogen) atoms. The molecule has 0 saturated heterocycles. The van der Waals surface area contributed by atoms with Gasteiger partial charge in [-0.3, -0.25) is 4.79 Å². The summed E-state index contributed by atoms with van der Waals surface area (Å²) < 4.78 is 16.0. The molecule has 158 valence electrons. The predicted octanol–water partition coefficient (Wildman–Crippen LogP) is 4.45. The molecular formula is C24H25FN5O+. The van der Waals surface area contributed by atoms with Gasteiger partial charge in [-0.2, -0.15) is 0 Å². The quantitative estimate of drug-likeness (QED) is 0.549. The number of halogens is 1. The number of H-pyrrole nitrogens is 1. The molecule has 0 radical (unpaired) electrons. The van der Waals surface area contributed by atoms with E-state index in [9.17, 15) is 9.18 Å². The number of fused-ring (bicyclic) bond motifs is 2. The van der Waals surface area contributed by atoms with Crippen molar-refractivity contribution in [2.24, 2.45) is 16.8 Å². The number of aryl methyl sites for hydroxylation is 1. The number of hydrazone groups is 1. The number of carbonyl (C=O) groups excluding carboxylic acids is 1. The van der Waals surface area contributed by atoms with Gasteiger partial charge in [0.25, 0.3) is 5.91 Å². The fourth-order valence-corrected chi connectivity index (χ4v) is 4.43. The Labute approximate surface area is 179 Å². The van der Waals surface area contributed by atoms with E-state index < -0.39 is 0 Å². The van der Waals surface area contributed by atoms with Crippen molar-refractivity contribution < 1.29 is 13.9 Å². The zero-order chi connectivity index (χ0) is 21.5. The number of anilines is 1. The van der Waals surface area contributed by atoms with Gasteiger partial charge < -0.3 is 16.0 Å². The van der Waals surface area contributed by atoms with Crippen molar-refractivity contribution in [3.8, 4) is 0 Å². The third-order valence-corrected chi connectivity index (χ3v) is 6.25. The number of hydrogen-bond donors (Lipinski definition) is 3. The molecular weight excluding hydrogens is 393 g/mol. The van der Waals surface area contributed by atoms with Crippen molar-refractivity contribution in [2.75, 3.05) is 5.32 Å². The van der Waals surface area contributed by atoms with Crippen molar-refractivity contribution in [3.63, 3.8) is 0 Å². The maximum absolute atomic E-state index is 14.1. The third kappa shape index (κ3) is 3.65. The summed E-state index contributed by atoms with van der Waals surface area (Å²) in [4.78, 5) is 15.9. The molecule has 2 aliphatic rings. The maximum atomic E-state index is 14.1. The molecule has 1 aliphatic heterocycles. The summed E-state index contributed by atoms with van der Waals surface area (Å²) in [6.07, 6.45) is 8.12. The van der Waals surface area contributed by atoms with E-state index in [2.05, 4.69) is 21.6 Å². The van der Waals surface area contributed by atoms with Crippen LogP contribution in [0.1, 0.15) is 47.3 Å². The molecule has 1 fully saturated rings. The largest absolute Gasteiger partial charge is 0.350 e. The Morgan fingerprint density at radius 1 is 1.26 bits per heavy atom. The van der Waals surface area contributed by atoms with Crippen LogP contribution in [-0.2, 0) is 0 Å². The van der Waals surface area contributed by atoms with Crippen LogP contribution in [0.5, 0.6) is 0 Å². The van der Waals surface area contributed by atoms with Crippen molar-refractivity contribution in [1.29, 1.82) is 0 Å². The molecule has 0 unspecified atom stereocenters. The van der Waals surface area contributed by atoms with E-state index in [1.54, 1.807) is 18.3 Å². The van der Waals surface area contributed by atoms with Gasteiger partial charge in [0.15, 0.2) is 6.21 Å². The van der Waals surface area contributed by atoms with Crippen LogP contribution in [0.15, 0.2) is 41.5 Å². The van der Waals surface area contributed by atoms with Gasteiger partial charge in [-0.25, -0.2) is 4.39 Å². The number of amides is 1. The van der Waals surface area contributed by atoms with E-state index in [0.717, 1.165) is 42.5 Å². The second-order valence-electron chi connectivity index (χ2n) is 8.44. The predicted molar refractivity (Wildman–Crippen MR) is 121 cm³/mol. The van der Waals surface area contributed by atoms with Gasteiger partial charge in [-0.1, -0.05) is 16.8 Å². The molecule has 5 rings (SSSR count). The summed E-state index contributed by atoms with van der Waals surface area (Å²) in [5.41, 5.74) is 10.3. The monoisotopic (exact) mass is 418 g/mol. The van der Waals surface area contributed by atoms with Gasteiger partial charge in [-0.15, -0.1) is 0 Å². The average molecular weight is 418 g/mol. The van der Waals surface area contributed by atoms with Gasteiger partial charge in [-0.05, 0) is 61.5 Å². The van der Waals surface area contributed by atoms with Crippen LogP contribution in [0.2, 0.25) is 0 Å². The van der Waals surface area contributed by atoms with Crippen LogP contribution in [-0.4, -0.2) is 34.0 Å². The Balaban J connectivity index is 1.40. The Morgan fingerprint density at radius 2 is 2.06 bits per heavy atom. The normalized spacial score (nSPS) is 21.6. The number of carbonyl (C=O) groups is 1.